The van der Waals surface area contributed by atoms with Crippen LogP contribution >= 0.6 is 11.3 Å². The molecule has 0 atom stereocenters. The van der Waals surface area contributed by atoms with Gasteiger partial charge in [-0.3, -0.25) is 0 Å². The molecule has 0 spiro atoms. The molecule has 1 aliphatic rings. The number of hydrogen-bond acceptors (Lipinski definition) is 9. The van der Waals surface area contributed by atoms with E-state index >= 15 is 0 Å². The highest BCUT2D eigenvalue weighted by molar-refractivity contribution is 7.07. The number of alkyl carbamates (subject to hydrolysis) is 1. The normalized spacial score (nSPS) is 13.9. The monoisotopic (exact) mass is 498 g/mol. The minimum atomic E-state index is -0.403. The predicted octanol–water partition coefficient (Wildman–Crippen LogP) is 4.37. The van der Waals surface area contributed by atoms with Crippen LogP contribution in [0.5, 0.6) is 17.2 Å². The summed E-state index contributed by atoms with van der Waals surface area (Å²) in [5.41, 5.74) is 4.20. The summed E-state index contributed by atoms with van der Waals surface area (Å²) < 4.78 is 21.6. The lowest BCUT2D eigenvalue weighted by atomic mass is 9.97. The maximum atomic E-state index is 12.0. The summed E-state index contributed by atoms with van der Waals surface area (Å²) in [5.74, 6) is 3.05. The Hall–Kier alpha value is -3.53. The van der Waals surface area contributed by atoms with E-state index in [0.717, 1.165) is 48.7 Å². The first-order valence-corrected chi connectivity index (χ1v) is 12.4. The van der Waals surface area contributed by atoms with E-state index in [2.05, 4.69) is 15.2 Å². The van der Waals surface area contributed by atoms with Crippen LogP contribution in [0.3, 0.4) is 0 Å². The minimum absolute atomic E-state index is 0.196. The molecule has 2 aromatic heterocycles. The highest BCUT2D eigenvalue weighted by Crippen LogP contribution is 2.41. The molecule has 1 aliphatic heterocycles. The van der Waals surface area contributed by atoms with E-state index in [4.69, 9.17) is 23.9 Å². The molecule has 4 rings (SSSR count). The SMILES string of the molecule is COc1cc(-c2cccc(N3CCC(CNC(=O)OCc4cscn4)CC3)n2)cc(OC)c1OC. The van der Waals surface area contributed by atoms with Crippen LogP contribution in [0.25, 0.3) is 11.3 Å². The van der Waals surface area contributed by atoms with Crippen molar-refractivity contribution >= 4 is 23.2 Å². The number of rotatable bonds is 9. The zero-order valence-electron chi connectivity index (χ0n) is 20.2. The fourth-order valence-corrected chi connectivity index (χ4v) is 4.63. The molecule has 1 aromatic carbocycles. The Kier molecular flexibility index (Phi) is 8.25. The fourth-order valence-electron chi connectivity index (χ4n) is 4.08. The van der Waals surface area contributed by atoms with Crippen molar-refractivity contribution in [1.29, 1.82) is 0 Å². The number of carbonyl (C=O) groups is 1. The summed E-state index contributed by atoms with van der Waals surface area (Å²) >= 11 is 1.48. The summed E-state index contributed by atoms with van der Waals surface area (Å²) in [4.78, 5) is 23.3. The number of thiazole rings is 1. The lowest BCUT2D eigenvalue weighted by Gasteiger charge is -2.33. The van der Waals surface area contributed by atoms with Crippen molar-refractivity contribution in [2.24, 2.45) is 5.92 Å². The molecule has 1 N–H and O–H groups in total. The second kappa shape index (κ2) is 11.7. The summed E-state index contributed by atoms with van der Waals surface area (Å²) in [6, 6.07) is 9.80. The molecule has 186 valence electrons. The van der Waals surface area contributed by atoms with Gasteiger partial charge in [-0.25, -0.2) is 14.8 Å². The van der Waals surface area contributed by atoms with Gasteiger partial charge in [-0.2, -0.15) is 0 Å². The van der Waals surface area contributed by atoms with Crippen LogP contribution in [0.4, 0.5) is 10.6 Å². The molecule has 9 nitrogen and oxygen atoms in total. The van der Waals surface area contributed by atoms with Gasteiger partial charge >= 0.3 is 6.09 Å². The molecule has 1 saturated heterocycles. The third-order valence-electron chi connectivity index (χ3n) is 6.00. The van der Waals surface area contributed by atoms with Crippen molar-refractivity contribution in [3.63, 3.8) is 0 Å². The summed E-state index contributed by atoms with van der Waals surface area (Å²) in [6.07, 6.45) is 1.52. The van der Waals surface area contributed by atoms with Crippen LogP contribution in [0, 0.1) is 5.92 Å². The summed E-state index contributed by atoms with van der Waals surface area (Å²) in [7, 11) is 4.79. The largest absolute Gasteiger partial charge is 0.493 e. The lowest BCUT2D eigenvalue weighted by Crippen LogP contribution is -2.39. The standard InChI is InChI=1S/C25H30N4O5S/c1-31-21-11-18(12-22(32-2)24(21)33-3)20-5-4-6-23(28-20)29-9-7-17(8-10-29)13-26-25(30)34-14-19-15-35-16-27-19/h4-6,11-12,15-17H,7-10,13-14H2,1-3H3,(H,26,30). The van der Waals surface area contributed by atoms with Gasteiger partial charge in [-0.1, -0.05) is 6.07 Å². The molecule has 1 amide bonds. The van der Waals surface area contributed by atoms with Gasteiger partial charge in [-0.15, -0.1) is 11.3 Å². The van der Waals surface area contributed by atoms with E-state index in [1.165, 1.54) is 11.3 Å². The highest BCUT2D eigenvalue weighted by Gasteiger charge is 2.22. The predicted molar refractivity (Wildman–Crippen MR) is 135 cm³/mol. The van der Waals surface area contributed by atoms with Crippen LogP contribution in [0.15, 0.2) is 41.2 Å². The number of anilines is 1. The Balaban J connectivity index is 1.33. The van der Waals surface area contributed by atoms with Crippen LogP contribution < -0.4 is 24.4 Å². The number of methoxy groups -OCH3 is 3. The number of pyridine rings is 1. The topological polar surface area (TPSA) is 95.0 Å². The molecular weight excluding hydrogens is 468 g/mol. The van der Waals surface area contributed by atoms with E-state index in [1.807, 2.05) is 35.7 Å². The van der Waals surface area contributed by atoms with Gasteiger partial charge in [0, 0.05) is 30.6 Å². The Bertz CT molecular complexity index is 1090. The molecule has 0 bridgehead atoms. The fraction of sp³-hybridized carbons (Fsp3) is 0.400. The van der Waals surface area contributed by atoms with Crippen LogP contribution in [0.1, 0.15) is 18.5 Å². The van der Waals surface area contributed by atoms with Gasteiger partial charge < -0.3 is 29.2 Å². The first kappa shape index (κ1) is 24.6. The van der Waals surface area contributed by atoms with E-state index in [9.17, 15) is 4.79 Å². The van der Waals surface area contributed by atoms with E-state index in [0.29, 0.717) is 29.7 Å². The van der Waals surface area contributed by atoms with Gasteiger partial charge in [0.15, 0.2) is 11.5 Å². The molecule has 1 fully saturated rings. The smallest absolute Gasteiger partial charge is 0.407 e. The van der Waals surface area contributed by atoms with Crippen molar-refractivity contribution in [1.82, 2.24) is 15.3 Å². The zero-order chi connectivity index (χ0) is 24.6. The molecule has 3 aromatic rings. The summed E-state index contributed by atoms with van der Waals surface area (Å²) in [5, 5.41) is 4.75. The van der Waals surface area contributed by atoms with Crippen LogP contribution in [0.2, 0.25) is 0 Å². The number of ether oxygens (including phenoxy) is 4. The first-order chi connectivity index (χ1) is 17.1. The molecule has 0 radical (unpaired) electrons. The zero-order valence-corrected chi connectivity index (χ0v) is 21.0. The number of amides is 1. The van der Waals surface area contributed by atoms with Crippen molar-refractivity contribution in [3.05, 3.63) is 46.9 Å². The molecule has 35 heavy (non-hydrogen) atoms. The Morgan fingerprint density at radius 3 is 2.49 bits per heavy atom. The summed E-state index contributed by atoms with van der Waals surface area (Å²) in [6.45, 7) is 2.53. The van der Waals surface area contributed by atoms with Crippen LogP contribution in [-0.2, 0) is 11.3 Å². The maximum absolute atomic E-state index is 12.0. The number of hydrogen-bond donors (Lipinski definition) is 1. The third kappa shape index (κ3) is 6.13. The average Bonchev–Trinajstić information content (AvgIpc) is 3.44. The third-order valence-corrected chi connectivity index (χ3v) is 6.64. The molecule has 0 aliphatic carbocycles. The number of carbonyl (C=O) groups excluding carboxylic acids is 1. The average molecular weight is 499 g/mol. The molecule has 3 heterocycles. The Morgan fingerprint density at radius 2 is 1.86 bits per heavy atom. The molecular formula is C25H30N4O5S. The maximum Gasteiger partial charge on any atom is 0.407 e. The van der Waals surface area contributed by atoms with Crippen molar-refractivity contribution in [3.8, 4) is 28.5 Å². The number of nitrogens with zero attached hydrogens (tertiary/aromatic N) is 3. The van der Waals surface area contributed by atoms with Gasteiger partial charge in [-0.05, 0) is 43.0 Å². The number of aromatic nitrogens is 2. The van der Waals surface area contributed by atoms with Crippen molar-refractivity contribution < 1.29 is 23.7 Å². The first-order valence-electron chi connectivity index (χ1n) is 11.4. The van der Waals surface area contributed by atoms with Gasteiger partial charge in [0.1, 0.15) is 12.4 Å². The molecule has 0 saturated carbocycles. The Morgan fingerprint density at radius 1 is 1.11 bits per heavy atom. The van der Waals surface area contributed by atoms with Gasteiger partial charge in [0.25, 0.3) is 0 Å². The second-order valence-electron chi connectivity index (χ2n) is 8.16. The Labute approximate surface area is 209 Å². The quantitative estimate of drug-likeness (QED) is 0.465. The van der Waals surface area contributed by atoms with E-state index in [-0.39, 0.29) is 6.61 Å². The highest BCUT2D eigenvalue weighted by atomic mass is 32.1. The van der Waals surface area contributed by atoms with Gasteiger partial charge in [0.2, 0.25) is 5.75 Å². The molecule has 10 heteroatoms. The number of piperidine rings is 1. The van der Waals surface area contributed by atoms with Crippen molar-refractivity contribution in [2.45, 2.75) is 19.4 Å². The lowest BCUT2D eigenvalue weighted by molar-refractivity contribution is 0.136. The minimum Gasteiger partial charge on any atom is -0.493 e. The van der Waals surface area contributed by atoms with Crippen LogP contribution in [-0.4, -0.2) is 57.0 Å². The number of nitrogens with one attached hydrogen (secondary N) is 1. The van der Waals surface area contributed by atoms with E-state index in [1.54, 1.807) is 26.8 Å². The van der Waals surface area contributed by atoms with Crippen molar-refractivity contribution in [2.75, 3.05) is 45.9 Å². The molecule has 0 unspecified atom stereocenters. The second-order valence-corrected chi connectivity index (χ2v) is 8.88. The number of benzene rings is 1. The van der Waals surface area contributed by atoms with Gasteiger partial charge in [0.05, 0.1) is 38.2 Å². The van der Waals surface area contributed by atoms with E-state index < -0.39 is 6.09 Å².